The highest BCUT2D eigenvalue weighted by molar-refractivity contribution is 7.84. The lowest BCUT2D eigenvalue weighted by molar-refractivity contribution is 0.0949. The van der Waals surface area contributed by atoms with Crippen LogP contribution >= 0.6 is 0 Å². The summed E-state index contributed by atoms with van der Waals surface area (Å²) in [6.07, 6.45) is 4.43. The van der Waals surface area contributed by atoms with Crippen LogP contribution in [0.1, 0.15) is 23.8 Å². The monoisotopic (exact) mass is 270 g/mol. The maximum atomic E-state index is 11.9. The van der Waals surface area contributed by atoms with Gasteiger partial charge in [-0.3, -0.25) is 9.00 Å². The Hall–Kier alpha value is -1.37. The quantitative estimate of drug-likeness (QED) is 0.819. The van der Waals surface area contributed by atoms with E-state index < -0.39 is 10.8 Å². The molecule has 0 fully saturated rings. The number of nitrogens with one attached hydrogen (secondary N) is 2. The van der Waals surface area contributed by atoms with Gasteiger partial charge in [0.1, 0.15) is 5.69 Å². The summed E-state index contributed by atoms with van der Waals surface area (Å²) >= 11 is 0. The minimum atomic E-state index is -0.928. The summed E-state index contributed by atoms with van der Waals surface area (Å²) < 4.78 is 13.1. The van der Waals surface area contributed by atoms with Crippen LogP contribution in [0.15, 0.2) is 6.20 Å². The second kappa shape index (κ2) is 5.51. The standard InChI is InChI=1S/C11H18N4O2S/c1-8(18(2)17)6-13-10(16)9-7-15-5-3-4-12-11(15)14-9/h7-8H,3-6H2,1-2H3,(H,12,14)(H,13,16). The maximum Gasteiger partial charge on any atom is 0.271 e. The third kappa shape index (κ3) is 2.90. The van der Waals surface area contributed by atoms with Gasteiger partial charge in [0.25, 0.3) is 5.91 Å². The van der Waals surface area contributed by atoms with Crippen LogP contribution < -0.4 is 10.6 Å². The van der Waals surface area contributed by atoms with Crippen LogP contribution in [0.2, 0.25) is 0 Å². The third-order valence-electron chi connectivity index (χ3n) is 2.98. The van der Waals surface area contributed by atoms with Crippen molar-refractivity contribution >= 4 is 22.7 Å². The number of imidazole rings is 1. The number of hydrogen-bond donors (Lipinski definition) is 2. The van der Waals surface area contributed by atoms with Crippen molar-refractivity contribution in [3.05, 3.63) is 11.9 Å². The molecule has 2 atom stereocenters. The molecule has 2 rings (SSSR count). The molecule has 2 N–H and O–H groups in total. The Kier molecular flexibility index (Phi) is 4.00. The summed E-state index contributed by atoms with van der Waals surface area (Å²) in [4.78, 5) is 16.1. The minimum absolute atomic E-state index is 0.0516. The molecule has 7 heteroatoms. The number of fused-ring (bicyclic) bond motifs is 1. The molecule has 1 aliphatic rings. The average molecular weight is 270 g/mol. The number of carbonyl (C=O) groups is 1. The summed E-state index contributed by atoms with van der Waals surface area (Å²) in [7, 11) is -0.928. The van der Waals surface area contributed by atoms with Crippen LogP contribution in [0, 0.1) is 0 Å². The SMILES string of the molecule is CC(CNC(=O)c1cn2c(n1)NCCC2)S(C)=O. The molecule has 0 saturated heterocycles. The Morgan fingerprint density at radius 3 is 3.17 bits per heavy atom. The molecule has 0 bridgehead atoms. The summed E-state index contributed by atoms with van der Waals surface area (Å²) in [5, 5.41) is 5.85. The van der Waals surface area contributed by atoms with E-state index in [9.17, 15) is 9.00 Å². The molecule has 18 heavy (non-hydrogen) atoms. The van der Waals surface area contributed by atoms with Gasteiger partial charge in [-0.25, -0.2) is 4.98 Å². The lowest BCUT2D eigenvalue weighted by Crippen LogP contribution is -2.32. The van der Waals surface area contributed by atoms with Crippen molar-refractivity contribution in [2.24, 2.45) is 0 Å². The van der Waals surface area contributed by atoms with Gasteiger partial charge in [-0.15, -0.1) is 0 Å². The topological polar surface area (TPSA) is 76.0 Å². The zero-order chi connectivity index (χ0) is 13.1. The maximum absolute atomic E-state index is 11.9. The van der Waals surface area contributed by atoms with Crippen molar-refractivity contribution in [2.45, 2.75) is 25.1 Å². The van der Waals surface area contributed by atoms with Crippen LogP contribution in [0.5, 0.6) is 0 Å². The van der Waals surface area contributed by atoms with E-state index in [-0.39, 0.29) is 11.2 Å². The Labute approximate surface area is 109 Å². The minimum Gasteiger partial charge on any atom is -0.356 e. The molecule has 0 radical (unpaired) electrons. The number of amides is 1. The van der Waals surface area contributed by atoms with Gasteiger partial charge in [0.15, 0.2) is 0 Å². The highest BCUT2D eigenvalue weighted by Gasteiger charge is 2.17. The van der Waals surface area contributed by atoms with Crippen molar-refractivity contribution in [1.82, 2.24) is 14.9 Å². The third-order valence-corrected chi connectivity index (χ3v) is 4.28. The highest BCUT2D eigenvalue weighted by atomic mass is 32.2. The molecule has 1 aromatic rings. The fourth-order valence-corrected chi connectivity index (χ4v) is 2.05. The number of hydrogen-bond acceptors (Lipinski definition) is 4. The zero-order valence-electron chi connectivity index (χ0n) is 10.6. The fraction of sp³-hybridized carbons (Fsp3) is 0.636. The molecule has 1 aromatic heterocycles. The summed E-state index contributed by atoms with van der Waals surface area (Å²) in [5.41, 5.74) is 0.411. The molecule has 1 aliphatic heterocycles. The molecule has 6 nitrogen and oxygen atoms in total. The van der Waals surface area contributed by atoms with Gasteiger partial charge in [-0.2, -0.15) is 0 Å². The normalized spacial score (nSPS) is 17.4. The molecule has 0 saturated carbocycles. The predicted octanol–water partition coefficient (Wildman–Crippen LogP) is 0.195. The Bertz CT molecular complexity index is 448. The smallest absolute Gasteiger partial charge is 0.271 e. The van der Waals surface area contributed by atoms with Crippen molar-refractivity contribution in [3.63, 3.8) is 0 Å². The van der Waals surface area contributed by atoms with Crippen LogP contribution in [0.4, 0.5) is 5.95 Å². The van der Waals surface area contributed by atoms with Gasteiger partial charge in [0, 0.05) is 48.1 Å². The van der Waals surface area contributed by atoms with Crippen LogP contribution in [-0.2, 0) is 17.3 Å². The van der Waals surface area contributed by atoms with Crippen LogP contribution in [0.25, 0.3) is 0 Å². The highest BCUT2D eigenvalue weighted by Crippen LogP contribution is 2.13. The van der Waals surface area contributed by atoms with Crippen molar-refractivity contribution < 1.29 is 9.00 Å². The van der Waals surface area contributed by atoms with E-state index in [4.69, 9.17) is 0 Å². The van der Waals surface area contributed by atoms with Gasteiger partial charge in [0.05, 0.1) is 0 Å². The first kappa shape index (κ1) is 13.1. The molecule has 0 aromatic carbocycles. The van der Waals surface area contributed by atoms with Crippen molar-refractivity contribution in [1.29, 1.82) is 0 Å². The lowest BCUT2D eigenvalue weighted by Gasteiger charge is -2.14. The number of aromatic nitrogens is 2. The van der Waals surface area contributed by atoms with E-state index in [0.29, 0.717) is 12.2 Å². The number of rotatable bonds is 4. The summed E-state index contributed by atoms with van der Waals surface area (Å²) in [6.45, 7) is 4.02. The molecule has 2 unspecified atom stereocenters. The number of nitrogens with zero attached hydrogens (tertiary/aromatic N) is 2. The zero-order valence-corrected chi connectivity index (χ0v) is 11.4. The molecular formula is C11H18N4O2S. The van der Waals surface area contributed by atoms with Gasteiger partial charge in [-0.1, -0.05) is 0 Å². The number of carbonyl (C=O) groups excluding carboxylic acids is 1. The van der Waals surface area contributed by atoms with E-state index in [0.717, 1.165) is 25.5 Å². The Balaban J connectivity index is 1.97. The first-order valence-electron chi connectivity index (χ1n) is 5.99. The van der Waals surface area contributed by atoms with Gasteiger partial charge in [-0.05, 0) is 13.3 Å². The largest absolute Gasteiger partial charge is 0.356 e. The van der Waals surface area contributed by atoms with Crippen LogP contribution in [-0.4, -0.2) is 44.3 Å². The van der Waals surface area contributed by atoms with E-state index in [1.54, 1.807) is 12.5 Å². The van der Waals surface area contributed by atoms with Crippen LogP contribution in [0.3, 0.4) is 0 Å². The van der Waals surface area contributed by atoms with Gasteiger partial charge < -0.3 is 15.2 Å². The van der Waals surface area contributed by atoms with Gasteiger partial charge in [0.2, 0.25) is 5.95 Å². The van der Waals surface area contributed by atoms with E-state index in [1.807, 2.05) is 11.5 Å². The molecular weight excluding hydrogens is 252 g/mol. The van der Waals surface area contributed by atoms with E-state index >= 15 is 0 Å². The van der Waals surface area contributed by atoms with E-state index in [2.05, 4.69) is 15.6 Å². The molecule has 0 aliphatic carbocycles. The fourth-order valence-electron chi connectivity index (χ4n) is 1.73. The average Bonchev–Trinajstić information content (AvgIpc) is 2.79. The Morgan fingerprint density at radius 1 is 1.72 bits per heavy atom. The first-order valence-corrected chi connectivity index (χ1v) is 7.61. The van der Waals surface area contributed by atoms with E-state index in [1.165, 1.54) is 0 Å². The summed E-state index contributed by atoms with van der Waals surface area (Å²) in [6, 6.07) is 0. The van der Waals surface area contributed by atoms with Crippen molar-refractivity contribution in [2.75, 3.05) is 24.7 Å². The first-order chi connectivity index (χ1) is 8.58. The summed E-state index contributed by atoms with van der Waals surface area (Å²) in [5.74, 6) is 0.537. The molecule has 1 amide bonds. The second-order valence-corrected chi connectivity index (χ2v) is 6.24. The molecule has 100 valence electrons. The van der Waals surface area contributed by atoms with Crippen molar-refractivity contribution in [3.8, 4) is 0 Å². The molecule has 2 heterocycles. The molecule has 0 spiro atoms. The Morgan fingerprint density at radius 2 is 2.50 bits per heavy atom. The van der Waals surface area contributed by atoms with Gasteiger partial charge >= 0.3 is 0 Å². The number of anilines is 1. The lowest BCUT2D eigenvalue weighted by atomic mass is 10.4. The number of aryl methyl sites for hydroxylation is 1. The predicted molar refractivity (Wildman–Crippen MR) is 71.2 cm³/mol. The second-order valence-electron chi connectivity index (χ2n) is 4.44.